The number of benzene rings is 3. The van der Waals surface area contributed by atoms with Gasteiger partial charge in [-0.15, -0.1) is 0 Å². The molecule has 2 heterocycles. The molecule has 0 bridgehead atoms. The highest BCUT2D eigenvalue weighted by Gasteiger charge is 2.38. The number of amides is 1. The summed E-state index contributed by atoms with van der Waals surface area (Å²) in [6.45, 7) is 10.8. The molecule has 3 aromatic rings. The Balaban J connectivity index is 1.45. The van der Waals surface area contributed by atoms with Crippen LogP contribution in [0.2, 0.25) is 0 Å². The zero-order valence-corrected chi connectivity index (χ0v) is 23.7. The van der Waals surface area contributed by atoms with Crippen LogP contribution in [0.15, 0.2) is 65.6 Å². The summed E-state index contributed by atoms with van der Waals surface area (Å²) in [5.74, 6) is 1.24. The fraction of sp³-hybridized carbons (Fsp3) is 0.367. The van der Waals surface area contributed by atoms with Gasteiger partial charge in [-0.25, -0.2) is 8.42 Å². The Morgan fingerprint density at radius 2 is 1.62 bits per heavy atom. The molecule has 0 aromatic heterocycles. The van der Waals surface area contributed by atoms with Gasteiger partial charge in [0.15, 0.2) is 17.6 Å². The van der Waals surface area contributed by atoms with E-state index in [0.717, 1.165) is 16.7 Å². The van der Waals surface area contributed by atoms with Gasteiger partial charge in [0.25, 0.3) is 15.9 Å². The van der Waals surface area contributed by atoms with Crippen LogP contribution in [0.5, 0.6) is 17.2 Å². The second kappa shape index (κ2) is 10.1. The van der Waals surface area contributed by atoms with Crippen LogP contribution >= 0.6 is 0 Å². The Hall–Kier alpha value is -3.72. The highest BCUT2D eigenvalue weighted by atomic mass is 32.2. The number of nitrogens with one attached hydrogen (secondary N) is 1. The van der Waals surface area contributed by atoms with Gasteiger partial charge < -0.3 is 19.5 Å². The number of hydrogen-bond donors (Lipinski definition) is 1. The van der Waals surface area contributed by atoms with Crippen LogP contribution in [0, 0.1) is 6.92 Å². The molecule has 5 rings (SSSR count). The van der Waals surface area contributed by atoms with Crippen molar-refractivity contribution >= 4 is 21.6 Å². The quantitative estimate of drug-likeness (QED) is 0.486. The van der Waals surface area contributed by atoms with E-state index < -0.39 is 22.0 Å². The van der Waals surface area contributed by atoms with E-state index in [1.807, 2.05) is 44.2 Å². The van der Waals surface area contributed by atoms with Crippen molar-refractivity contribution in [3.05, 3.63) is 77.4 Å². The van der Waals surface area contributed by atoms with Gasteiger partial charge in [-0.05, 0) is 66.8 Å². The van der Waals surface area contributed by atoms with Gasteiger partial charge in [0, 0.05) is 0 Å². The van der Waals surface area contributed by atoms with Crippen LogP contribution < -0.4 is 23.8 Å². The van der Waals surface area contributed by atoms with Gasteiger partial charge in [0.05, 0.1) is 23.2 Å². The maximum atomic E-state index is 13.9. The number of ether oxygens (including phenoxy) is 3. The number of carbonyl (C=O) groups is 1. The van der Waals surface area contributed by atoms with Crippen molar-refractivity contribution < 1.29 is 27.4 Å². The monoisotopic (exact) mass is 550 g/mol. The molecule has 206 valence electrons. The third-order valence-corrected chi connectivity index (χ3v) is 8.81. The zero-order chi connectivity index (χ0) is 27.9. The van der Waals surface area contributed by atoms with Crippen molar-refractivity contribution in [2.75, 3.05) is 24.1 Å². The molecule has 0 fully saturated rings. The number of aryl methyl sites for hydroxylation is 1. The number of hydrogen-bond acceptors (Lipinski definition) is 6. The van der Waals surface area contributed by atoms with Gasteiger partial charge in [-0.2, -0.15) is 0 Å². The van der Waals surface area contributed by atoms with Crippen LogP contribution in [0.3, 0.4) is 0 Å². The summed E-state index contributed by atoms with van der Waals surface area (Å²) < 4.78 is 46.4. The van der Waals surface area contributed by atoms with Gasteiger partial charge in [0.2, 0.25) is 0 Å². The summed E-state index contributed by atoms with van der Waals surface area (Å²) >= 11 is 0. The molecular weight excluding hydrogens is 516 g/mol. The van der Waals surface area contributed by atoms with Gasteiger partial charge in [-0.3, -0.25) is 9.10 Å². The molecule has 0 saturated carbocycles. The summed E-state index contributed by atoms with van der Waals surface area (Å²) in [5, 5.41) is 2.98. The SMILES string of the molecule is Cc1ccc(S(=O)(=O)N2CC(C(=O)NC(C)c3ccc4c(c3)OCCO4)Oc3ccc(C(C)(C)C)cc32)cc1. The first-order chi connectivity index (χ1) is 18.4. The molecule has 2 atom stereocenters. The molecule has 9 heteroatoms. The first kappa shape index (κ1) is 26.9. The predicted octanol–water partition coefficient (Wildman–Crippen LogP) is 4.90. The Bertz CT molecular complexity index is 1490. The summed E-state index contributed by atoms with van der Waals surface area (Å²) in [5.41, 5.74) is 2.97. The number of rotatable bonds is 5. The number of carbonyl (C=O) groups excluding carboxylic acids is 1. The van der Waals surface area contributed by atoms with Crippen molar-refractivity contribution in [1.29, 1.82) is 0 Å². The molecule has 2 unspecified atom stereocenters. The molecule has 2 aliphatic heterocycles. The molecule has 39 heavy (non-hydrogen) atoms. The largest absolute Gasteiger partial charge is 0.486 e. The molecule has 1 N–H and O–H groups in total. The molecular formula is C30H34N2O6S. The first-order valence-corrected chi connectivity index (χ1v) is 14.5. The van der Waals surface area contributed by atoms with E-state index in [4.69, 9.17) is 14.2 Å². The minimum Gasteiger partial charge on any atom is -0.486 e. The van der Waals surface area contributed by atoms with E-state index >= 15 is 0 Å². The van der Waals surface area contributed by atoms with E-state index in [9.17, 15) is 13.2 Å². The lowest BCUT2D eigenvalue weighted by Gasteiger charge is -2.36. The normalized spacial score (nSPS) is 17.6. The summed E-state index contributed by atoms with van der Waals surface area (Å²) in [6, 6.07) is 17.4. The van der Waals surface area contributed by atoms with Crippen LogP contribution in [-0.2, 0) is 20.2 Å². The fourth-order valence-electron chi connectivity index (χ4n) is 4.64. The minimum absolute atomic E-state index is 0.156. The molecule has 0 spiro atoms. The van der Waals surface area contributed by atoms with Crippen molar-refractivity contribution in [2.24, 2.45) is 0 Å². The molecule has 0 radical (unpaired) electrons. The second-order valence-corrected chi connectivity index (χ2v) is 12.9. The standard InChI is InChI=1S/C30H34N2O6S/c1-19-6-10-23(11-7-19)39(34,35)32-18-28(38-25-13-9-22(17-24(25)32)30(3,4)5)29(33)31-20(2)21-8-12-26-27(16-21)37-15-14-36-26/h6-13,16-17,20,28H,14-15,18H2,1-5H3,(H,31,33). The molecule has 3 aromatic carbocycles. The van der Waals surface area contributed by atoms with Crippen LogP contribution in [0.25, 0.3) is 0 Å². The van der Waals surface area contributed by atoms with Gasteiger partial charge >= 0.3 is 0 Å². The lowest BCUT2D eigenvalue weighted by molar-refractivity contribution is -0.128. The lowest BCUT2D eigenvalue weighted by atomic mass is 9.86. The zero-order valence-electron chi connectivity index (χ0n) is 22.9. The van der Waals surface area contributed by atoms with E-state index in [1.165, 1.54) is 4.31 Å². The molecule has 2 aliphatic rings. The Kier molecular flexibility index (Phi) is 6.97. The third kappa shape index (κ3) is 5.41. The average Bonchev–Trinajstić information content (AvgIpc) is 2.91. The average molecular weight is 551 g/mol. The summed E-state index contributed by atoms with van der Waals surface area (Å²) in [4.78, 5) is 13.6. The highest BCUT2D eigenvalue weighted by molar-refractivity contribution is 7.92. The first-order valence-electron chi connectivity index (χ1n) is 13.0. The van der Waals surface area contributed by atoms with E-state index in [0.29, 0.717) is 36.1 Å². The van der Waals surface area contributed by atoms with Crippen molar-refractivity contribution in [3.8, 4) is 17.2 Å². The van der Waals surface area contributed by atoms with E-state index in [1.54, 1.807) is 30.3 Å². The second-order valence-electron chi connectivity index (χ2n) is 11.0. The summed E-state index contributed by atoms with van der Waals surface area (Å²) in [6.07, 6.45) is -1.04. The maximum absolute atomic E-state index is 13.9. The van der Waals surface area contributed by atoms with Crippen molar-refractivity contribution in [3.63, 3.8) is 0 Å². The number of fused-ring (bicyclic) bond motifs is 2. The number of sulfonamides is 1. The van der Waals surface area contributed by atoms with Gasteiger partial charge in [-0.1, -0.05) is 50.6 Å². The fourth-order valence-corrected chi connectivity index (χ4v) is 6.11. The predicted molar refractivity (Wildman–Crippen MR) is 149 cm³/mol. The van der Waals surface area contributed by atoms with E-state index in [2.05, 4.69) is 26.1 Å². The maximum Gasteiger partial charge on any atom is 0.264 e. The Morgan fingerprint density at radius 3 is 2.31 bits per heavy atom. The Labute approximate surface area is 229 Å². The van der Waals surface area contributed by atoms with Crippen LogP contribution in [-0.4, -0.2) is 40.2 Å². The molecule has 0 aliphatic carbocycles. The third-order valence-electron chi connectivity index (χ3n) is 7.02. The number of anilines is 1. The molecule has 1 amide bonds. The van der Waals surface area contributed by atoms with Crippen molar-refractivity contribution in [2.45, 2.75) is 57.1 Å². The topological polar surface area (TPSA) is 94.2 Å². The number of nitrogens with zero attached hydrogens (tertiary/aromatic N) is 1. The van der Waals surface area contributed by atoms with Gasteiger partial charge in [0.1, 0.15) is 19.0 Å². The minimum atomic E-state index is -3.97. The Morgan fingerprint density at radius 1 is 0.949 bits per heavy atom. The highest BCUT2D eigenvalue weighted by Crippen LogP contribution is 2.40. The smallest absolute Gasteiger partial charge is 0.264 e. The van der Waals surface area contributed by atoms with Crippen LogP contribution in [0.1, 0.15) is 50.4 Å². The van der Waals surface area contributed by atoms with E-state index in [-0.39, 0.29) is 22.9 Å². The lowest BCUT2D eigenvalue weighted by Crippen LogP contribution is -2.51. The van der Waals surface area contributed by atoms with Crippen molar-refractivity contribution in [1.82, 2.24) is 5.32 Å². The summed E-state index contributed by atoms with van der Waals surface area (Å²) in [7, 11) is -3.97. The molecule has 8 nitrogen and oxygen atoms in total. The van der Waals surface area contributed by atoms with Crippen LogP contribution in [0.4, 0.5) is 5.69 Å². The molecule has 0 saturated heterocycles.